The molecule has 1 atom stereocenters. The molecule has 0 aromatic heterocycles. The Balaban J connectivity index is 1.87. The Kier molecular flexibility index (Phi) is 6.20. The first-order chi connectivity index (χ1) is 14.6. The van der Waals surface area contributed by atoms with Gasteiger partial charge in [-0.15, -0.1) is 0 Å². The fourth-order valence-electron chi connectivity index (χ4n) is 3.60. The van der Waals surface area contributed by atoms with Gasteiger partial charge in [-0.1, -0.05) is 90.0 Å². The molecule has 0 amide bonds. The molecule has 0 spiro atoms. The third-order valence-corrected chi connectivity index (χ3v) is 8.05. The second kappa shape index (κ2) is 9.02. The monoisotopic (exact) mass is 431 g/mol. The van der Waals surface area contributed by atoms with Crippen LogP contribution in [0.2, 0.25) is 5.02 Å². The second-order valence-electron chi connectivity index (χ2n) is 7.31. The summed E-state index contributed by atoms with van der Waals surface area (Å²) in [5.74, 6) is 0. The highest BCUT2D eigenvalue weighted by Gasteiger charge is 2.31. The van der Waals surface area contributed by atoms with Crippen LogP contribution in [0.4, 0.5) is 0 Å². The first-order valence-electron chi connectivity index (χ1n) is 9.87. The van der Waals surface area contributed by atoms with E-state index >= 15 is 0 Å². The summed E-state index contributed by atoms with van der Waals surface area (Å²) in [7, 11) is -3.12. The number of nitrogens with one attached hydrogen (secondary N) is 1. The highest BCUT2D eigenvalue weighted by Crippen LogP contribution is 2.43. The lowest BCUT2D eigenvalue weighted by molar-refractivity contribution is 0.572. The van der Waals surface area contributed by atoms with Gasteiger partial charge in [-0.05, 0) is 54.4 Å². The molecule has 0 unspecified atom stereocenters. The highest BCUT2D eigenvalue weighted by molar-refractivity contribution is 7.76. The van der Waals surface area contributed by atoms with Gasteiger partial charge in [0.05, 0.1) is 6.04 Å². The Labute approximate surface area is 183 Å². The Bertz CT molecular complexity index is 1120. The largest absolute Gasteiger partial charge is 0.296 e. The van der Waals surface area contributed by atoms with E-state index in [4.69, 9.17) is 11.6 Å². The van der Waals surface area contributed by atoms with Crippen molar-refractivity contribution in [3.8, 4) is 0 Å². The van der Waals surface area contributed by atoms with Crippen molar-refractivity contribution in [2.24, 2.45) is 0 Å². The van der Waals surface area contributed by atoms with Gasteiger partial charge in [-0.3, -0.25) is 4.57 Å². The lowest BCUT2D eigenvalue weighted by Gasteiger charge is -2.28. The Morgan fingerprint density at radius 1 is 0.700 bits per heavy atom. The van der Waals surface area contributed by atoms with E-state index in [0.717, 1.165) is 27.3 Å². The van der Waals surface area contributed by atoms with Gasteiger partial charge in [-0.25, -0.2) is 5.09 Å². The summed E-state index contributed by atoms with van der Waals surface area (Å²) in [5, 5.41) is 5.79. The van der Waals surface area contributed by atoms with Crippen LogP contribution in [0.1, 0.15) is 22.7 Å². The second-order valence-corrected chi connectivity index (χ2v) is 10.3. The maximum Gasteiger partial charge on any atom is 0.205 e. The van der Waals surface area contributed by atoms with Gasteiger partial charge in [0.2, 0.25) is 7.29 Å². The van der Waals surface area contributed by atoms with Crippen molar-refractivity contribution in [1.29, 1.82) is 0 Å². The first kappa shape index (κ1) is 20.6. The van der Waals surface area contributed by atoms with Crippen LogP contribution in [0.15, 0.2) is 109 Å². The fourth-order valence-corrected chi connectivity index (χ4v) is 6.17. The van der Waals surface area contributed by atoms with Crippen LogP contribution in [0, 0.1) is 6.92 Å². The standard InChI is InChI=1S/C26H23ClNOP/c1-20-9-8-10-22(19-20)26(21-15-17-23(27)18-16-21)28-30(29,24-11-4-2-5-12-24)25-13-6-3-7-14-25/h2-19,26H,1H3,(H,28,29)/t26-/m0/s1. The van der Waals surface area contributed by atoms with Crippen LogP contribution >= 0.6 is 18.9 Å². The van der Waals surface area contributed by atoms with Gasteiger partial charge < -0.3 is 0 Å². The maximum atomic E-state index is 14.6. The topological polar surface area (TPSA) is 29.1 Å². The number of halogens is 1. The summed E-state index contributed by atoms with van der Waals surface area (Å²) < 4.78 is 14.6. The van der Waals surface area contributed by atoms with Crippen molar-refractivity contribution >= 4 is 29.5 Å². The zero-order chi connectivity index (χ0) is 21.0. The molecule has 150 valence electrons. The molecule has 4 heteroatoms. The summed E-state index contributed by atoms with van der Waals surface area (Å²) in [6.07, 6.45) is 0. The van der Waals surface area contributed by atoms with Gasteiger partial charge >= 0.3 is 0 Å². The summed E-state index contributed by atoms with van der Waals surface area (Å²) in [6, 6.07) is 35.1. The van der Waals surface area contributed by atoms with Crippen LogP contribution < -0.4 is 15.7 Å². The van der Waals surface area contributed by atoms with Gasteiger partial charge in [0.15, 0.2) is 0 Å². The summed E-state index contributed by atoms with van der Waals surface area (Å²) in [6.45, 7) is 2.07. The van der Waals surface area contributed by atoms with Crippen LogP contribution in [-0.4, -0.2) is 0 Å². The summed E-state index contributed by atoms with van der Waals surface area (Å²) in [4.78, 5) is 0. The molecule has 4 aromatic rings. The van der Waals surface area contributed by atoms with Crippen molar-refractivity contribution < 1.29 is 4.57 Å². The van der Waals surface area contributed by atoms with Crippen molar-refractivity contribution in [3.63, 3.8) is 0 Å². The van der Waals surface area contributed by atoms with Crippen molar-refractivity contribution in [1.82, 2.24) is 5.09 Å². The van der Waals surface area contributed by atoms with E-state index < -0.39 is 7.29 Å². The Hall–Kier alpha value is -2.64. The normalized spacial score (nSPS) is 12.5. The molecule has 0 heterocycles. The first-order valence-corrected chi connectivity index (χ1v) is 12.0. The van der Waals surface area contributed by atoms with Gasteiger partial charge in [-0.2, -0.15) is 0 Å². The lowest BCUT2D eigenvalue weighted by atomic mass is 9.98. The molecule has 30 heavy (non-hydrogen) atoms. The fraction of sp³-hybridized carbons (Fsp3) is 0.0769. The molecule has 4 aromatic carbocycles. The van der Waals surface area contributed by atoms with Crippen LogP contribution in [0.5, 0.6) is 0 Å². The smallest absolute Gasteiger partial charge is 0.205 e. The SMILES string of the molecule is Cc1cccc([C@@H](NP(=O)(c2ccccc2)c2ccccc2)c2ccc(Cl)cc2)c1. The van der Waals surface area contributed by atoms with Gasteiger partial charge in [0, 0.05) is 15.6 Å². The third-order valence-electron chi connectivity index (χ3n) is 5.13. The number of aryl methyl sites for hydroxylation is 1. The minimum Gasteiger partial charge on any atom is -0.296 e. The van der Waals surface area contributed by atoms with E-state index in [0.29, 0.717) is 5.02 Å². The van der Waals surface area contributed by atoms with E-state index in [-0.39, 0.29) is 6.04 Å². The molecular formula is C26H23ClNOP. The molecule has 0 bridgehead atoms. The van der Waals surface area contributed by atoms with E-state index in [1.807, 2.05) is 91.0 Å². The van der Waals surface area contributed by atoms with Crippen LogP contribution in [0.3, 0.4) is 0 Å². The zero-order valence-electron chi connectivity index (χ0n) is 16.7. The number of benzene rings is 4. The van der Waals surface area contributed by atoms with Crippen LogP contribution in [0.25, 0.3) is 0 Å². The molecule has 1 N–H and O–H groups in total. The number of hydrogen-bond acceptors (Lipinski definition) is 1. The lowest BCUT2D eigenvalue weighted by Crippen LogP contribution is -2.31. The van der Waals surface area contributed by atoms with Crippen molar-refractivity contribution in [2.75, 3.05) is 0 Å². The Morgan fingerprint density at radius 2 is 1.27 bits per heavy atom. The zero-order valence-corrected chi connectivity index (χ0v) is 18.4. The average Bonchev–Trinajstić information content (AvgIpc) is 2.79. The quantitative estimate of drug-likeness (QED) is 0.365. The predicted molar refractivity (Wildman–Crippen MR) is 127 cm³/mol. The van der Waals surface area contributed by atoms with Crippen molar-refractivity contribution in [2.45, 2.75) is 13.0 Å². The maximum absolute atomic E-state index is 14.6. The number of hydrogen-bond donors (Lipinski definition) is 1. The molecule has 0 radical (unpaired) electrons. The molecule has 0 aliphatic heterocycles. The van der Waals surface area contributed by atoms with E-state index in [2.05, 4.69) is 30.2 Å². The highest BCUT2D eigenvalue weighted by atomic mass is 35.5. The molecule has 2 nitrogen and oxygen atoms in total. The molecular weight excluding hydrogens is 409 g/mol. The molecule has 0 saturated carbocycles. The summed E-state index contributed by atoms with van der Waals surface area (Å²) in [5.41, 5.74) is 3.23. The van der Waals surface area contributed by atoms with Crippen LogP contribution in [-0.2, 0) is 4.57 Å². The minimum atomic E-state index is -3.12. The summed E-state index contributed by atoms with van der Waals surface area (Å²) >= 11 is 6.14. The third kappa shape index (κ3) is 4.42. The molecule has 0 saturated heterocycles. The molecule has 4 rings (SSSR count). The van der Waals surface area contributed by atoms with Gasteiger partial charge in [0.1, 0.15) is 0 Å². The van der Waals surface area contributed by atoms with Crippen molar-refractivity contribution in [3.05, 3.63) is 131 Å². The molecule has 0 aliphatic rings. The number of rotatable bonds is 6. The van der Waals surface area contributed by atoms with E-state index in [1.165, 1.54) is 0 Å². The molecule has 0 aliphatic carbocycles. The minimum absolute atomic E-state index is 0.256. The predicted octanol–water partition coefficient (Wildman–Crippen LogP) is 6.26. The van der Waals surface area contributed by atoms with E-state index in [9.17, 15) is 4.57 Å². The van der Waals surface area contributed by atoms with E-state index in [1.54, 1.807) is 0 Å². The Morgan fingerprint density at radius 3 is 1.80 bits per heavy atom. The average molecular weight is 432 g/mol. The molecule has 0 fully saturated rings. The van der Waals surface area contributed by atoms with Gasteiger partial charge in [0.25, 0.3) is 0 Å².